The van der Waals surface area contributed by atoms with Gasteiger partial charge in [-0.1, -0.05) is 31.9 Å². The van der Waals surface area contributed by atoms with E-state index in [-0.39, 0.29) is 0 Å². The number of thioether (sulfide) groups is 1. The Balaban J connectivity index is 1.73. The third-order valence-electron chi connectivity index (χ3n) is 4.57. The molecule has 0 saturated heterocycles. The number of carboxylic acid groups (broad SMARTS) is 1. The zero-order valence-electron chi connectivity index (χ0n) is 16.9. The second-order valence-corrected chi connectivity index (χ2v) is 8.08. The fourth-order valence-corrected chi connectivity index (χ4v) is 3.72. The lowest BCUT2D eigenvalue weighted by Crippen LogP contribution is -2.15. The summed E-state index contributed by atoms with van der Waals surface area (Å²) in [6.07, 6.45) is 3.41. The van der Waals surface area contributed by atoms with Crippen LogP contribution >= 0.6 is 11.8 Å². The summed E-state index contributed by atoms with van der Waals surface area (Å²) >= 11 is 1.40. The first-order valence-electron chi connectivity index (χ1n) is 9.82. The second kappa shape index (κ2) is 11.6. The molecule has 0 aliphatic carbocycles. The van der Waals surface area contributed by atoms with E-state index in [9.17, 15) is 9.90 Å². The monoisotopic (exact) mass is 402 g/mol. The van der Waals surface area contributed by atoms with Crippen LogP contribution in [-0.4, -0.2) is 29.5 Å². The van der Waals surface area contributed by atoms with Crippen LogP contribution in [0.15, 0.2) is 47.4 Å². The minimum absolute atomic E-state index is 0.394. The summed E-state index contributed by atoms with van der Waals surface area (Å²) in [6, 6.07) is 13.7. The predicted octanol–water partition coefficient (Wildman–Crippen LogP) is 5.89. The van der Waals surface area contributed by atoms with Crippen LogP contribution in [0.1, 0.15) is 43.7 Å². The molecule has 0 aromatic heterocycles. The number of carbonyl (C=O) groups is 1. The Bertz CT molecular complexity index is 743. The van der Waals surface area contributed by atoms with Crippen molar-refractivity contribution in [3.8, 4) is 11.5 Å². The molecule has 4 nitrogen and oxygen atoms in total. The smallest absolute Gasteiger partial charge is 0.316 e. The topological polar surface area (TPSA) is 55.8 Å². The first-order valence-corrected chi connectivity index (χ1v) is 10.7. The number of aryl methyl sites for hydroxylation is 1. The molecule has 0 heterocycles. The molecule has 0 aliphatic heterocycles. The van der Waals surface area contributed by atoms with Gasteiger partial charge in [0.1, 0.15) is 16.7 Å². The van der Waals surface area contributed by atoms with Gasteiger partial charge >= 0.3 is 5.97 Å². The minimum Gasteiger partial charge on any atom is -0.493 e. The molecular weight excluding hydrogens is 372 g/mol. The van der Waals surface area contributed by atoms with Gasteiger partial charge in [-0.2, -0.15) is 0 Å². The maximum Gasteiger partial charge on any atom is 0.316 e. The first kappa shape index (κ1) is 22.2. The van der Waals surface area contributed by atoms with Crippen LogP contribution in [0.5, 0.6) is 11.5 Å². The maximum absolute atomic E-state index is 11.4. The molecule has 0 radical (unpaired) electrons. The van der Waals surface area contributed by atoms with E-state index >= 15 is 0 Å². The highest BCUT2D eigenvalue weighted by atomic mass is 32.2. The van der Waals surface area contributed by atoms with Gasteiger partial charge in [0.25, 0.3) is 0 Å². The fraction of sp³-hybridized carbons (Fsp3) is 0.435. The van der Waals surface area contributed by atoms with Crippen molar-refractivity contribution in [1.29, 1.82) is 0 Å². The van der Waals surface area contributed by atoms with E-state index in [4.69, 9.17) is 9.47 Å². The molecular formula is C23H30O4S. The molecule has 0 fully saturated rings. The van der Waals surface area contributed by atoms with E-state index in [0.29, 0.717) is 19.6 Å². The zero-order chi connectivity index (χ0) is 20.4. The Kier molecular flexibility index (Phi) is 9.21. The van der Waals surface area contributed by atoms with Crippen LogP contribution in [0.25, 0.3) is 0 Å². The number of carboxylic acids is 1. The van der Waals surface area contributed by atoms with Crippen LogP contribution in [0.3, 0.4) is 0 Å². The molecule has 28 heavy (non-hydrogen) atoms. The zero-order valence-corrected chi connectivity index (χ0v) is 17.8. The predicted molar refractivity (Wildman–Crippen MR) is 115 cm³/mol. The Morgan fingerprint density at radius 1 is 1.04 bits per heavy atom. The Morgan fingerprint density at radius 3 is 2.43 bits per heavy atom. The molecule has 0 spiro atoms. The Hall–Kier alpha value is -2.14. The van der Waals surface area contributed by atoms with Crippen LogP contribution in [0, 0.1) is 13.8 Å². The Morgan fingerprint density at radius 2 is 1.75 bits per heavy atom. The van der Waals surface area contributed by atoms with Gasteiger partial charge in [0.2, 0.25) is 0 Å². The van der Waals surface area contributed by atoms with Gasteiger partial charge in [-0.25, -0.2) is 0 Å². The number of aliphatic carboxylic acids is 1. The Labute approximate surface area is 172 Å². The van der Waals surface area contributed by atoms with Gasteiger partial charge in [-0.3, -0.25) is 4.79 Å². The summed E-state index contributed by atoms with van der Waals surface area (Å²) in [5.74, 6) is 0.969. The second-order valence-electron chi connectivity index (χ2n) is 6.81. The van der Waals surface area contributed by atoms with E-state index in [1.165, 1.54) is 22.9 Å². The number of rotatable bonds is 12. The van der Waals surface area contributed by atoms with E-state index in [1.807, 2.05) is 36.4 Å². The number of unbranched alkanes of at least 4 members (excludes halogenated alkanes) is 1. The van der Waals surface area contributed by atoms with Gasteiger partial charge in [0.15, 0.2) is 0 Å². The fourth-order valence-electron chi connectivity index (χ4n) is 2.71. The molecule has 2 aromatic carbocycles. The molecule has 2 rings (SSSR count). The van der Waals surface area contributed by atoms with Crippen LogP contribution < -0.4 is 9.47 Å². The summed E-state index contributed by atoms with van der Waals surface area (Å²) in [5, 5.41) is 8.95. The maximum atomic E-state index is 11.4. The molecule has 0 bridgehead atoms. The largest absolute Gasteiger partial charge is 0.493 e. The van der Waals surface area contributed by atoms with E-state index < -0.39 is 11.2 Å². The molecule has 0 saturated carbocycles. The van der Waals surface area contributed by atoms with Crippen molar-refractivity contribution < 1.29 is 19.4 Å². The van der Waals surface area contributed by atoms with Crippen LogP contribution in [0.4, 0.5) is 0 Å². The SMILES string of the molecule is CCCC[C@@H](Sc1ccc(OCCCOc2cccc(C)c2C)cc1)C(=O)O. The van der Waals surface area contributed by atoms with Crippen molar-refractivity contribution in [2.24, 2.45) is 0 Å². The number of hydrogen-bond acceptors (Lipinski definition) is 4. The summed E-state index contributed by atoms with van der Waals surface area (Å²) in [6.45, 7) is 7.40. The minimum atomic E-state index is -0.748. The highest BCUT2D eigenvalue weighted by Gasteiger charge is 2.18. The first-order chi connectivity index (χ1) is 13.5. The highest BCUT2D eigenvalue weighted by Crippen LogP contribution is 2.28. The van der Waals surface area contributed by atoms with Crippen molar-refractivity contribution >= 4 is 17.7 Å². The molecule has 0 amide bonds. The van der Waals surface area contributed by atoms with Gasteiger partial charge < -0.3 is 14.6 Å². The molecule has 1 N–H and O–H groups in total. The van der Waals surface area contributed by atoms with Crippen molar-refractivity contribution in [3.05, 3.63) is 53.6 Å². The average molecular weight is 403 g/mol. The molecule has 5 heteroatoms. The molecule has 152 valence electrons. The number of hydrogen-bond donors (Lipinski definition) is 1. The summed E-state index contributed by atoms with van der Waals surface area (Å²) < 4.78 is 11.6. The molecule has 0 unspecified atom stereocenters. The summed E-state index contributed by atoms with van der Waals surface area (Å²) in [4.78, 5) is 12.3. The summed E-state index contributed by atoms with van der Waals surface area (Å²) in [7, 11) is 0. The lowest BCUT2D eigenvalue weighted by atomic mass is 10.1. The van der Waals surface area contributed by atoms with Crippen molar-refractivity contribution in [2.45, 2.75) is 56.6 Å². The standard InChI is InChI=1S/C23H30O4S/c1-4-5-10-22(23(24)25)28-20-13-11-19(12-14-20)26-15-7-16-27-21-9-6-8-17(2)18(21)3/h6,8-9,11-14,22H,4-5,7,10,15-16H2,1-3H3,(H,24,25)/t22-/m1/s1. The van der Waals surface area contributed by atoms with Crippen molar-refractivity contribution in [1.82, 2.24) is 0 Å². The van der Waals surface area contributed by atoms with Gasteiger partial charge in [0.05, 0.1) is 13.2 Å². The third-order valence-corrected chi connectivity index (χ3v) is 5.83. The lowest BCUT2D eigenvalue weighted by Gasteiger charge is -2.13. The van der Waals surface area contributed by atoms with Gasteiger partial charge in [-0.15, -0.1) is 11.8 Å². The normalized spacial score (nSPS) is 11.8. The third kappa shape index (κ3) is 7.12. The molecule has 2 aromatic rings. The lowest BCUT2D eigenvalue weighted by molar-refractivity contribution is -0.136. The van der Waals surface area contributed by atoms with Crippen LogP contribution in [0.2, 0.25) is 0 Å². The summed E-state index contributed by atoms with van der Waals surface area (Å²) in [5.41, 5.74) is 2.40. The highest BCUT2D eigenvalue weighted by molar-refractivity contribution is 8.00. The van der Waals surface area contributed by atoms with Crippen molar-refractivity contribution in [2.75, 3.05) is 13.2 Å². The average Bonchev–Trinajstić information content (AvgIpc) is 2.69. The van der Waals surface area contributed by atoms with Crippen LogP contribution in [-0.2, 0) is 4.79 Å². The number of ether oxygens (including phenoxy) is 2. The van der Waals surface area contributed by atoms with Crippen molar-refractivity contribution in [3.63, 3.8) is 0 Å². The van der Waals surface area contributed by atoms with Gasteiger partial charge in [-0.05, 0) is 61.7 Å². The van der Waals surface area contributed by atoms with E-state index in [0.717, 1.165) is 35.7 Å². The van der Waals surface area contributed by atoms with Gasteiger partial charge in [0, 0.05) is 11.3 Å². The quantitative estimate of drug-likeness (QED) is 0.354. The number of benzene rings is 2. The van der Waals surface area contributed by atoms with E-state index in [1.54, 1.807) is 0 Å². The van der Waals surface area contributed by atoms with E-state index in [2.05, 4.69) is 26.8 Å². The molecule has 1 atom stereocenters. The molecule has 0 aliphatic rings.